The standard InChI is InChI=1S/C18H22ClN3O2S/c1-11(2)13-4-6-14(7-5-13)16(21-17(23)9-19)10-20-18(24)15-8-12(3)25-22-15/h4-8,11,16H,9-10H2,1-3H3,(H,20,24)(H,21,23). The first-order valence-corrected chi connectivity index (χ1v) is 9.38. The van der Waals surface area contributed by atoms with Gasteiger partial charge in [-0.3, -0.25) is 9.59 Å². The van der Waals surface area contributed by atoms with Gasteiger partial charge in [0, 0.05) is 11.4 Å². The summed E-state index contributed by atoms with van der Waals surface area (Å²) in [5.41, 5.74) is 2.52. The predicted molar refractivity (Wildman–Crippen MR) is 101 cm³/mol. The molecule has 2 aromatic rings. The summed E-state index contributed by atoms with van der Waals surface area (Å²) in [6, 6.07) is 9.39. The fourth-order valence-corrected chi connectivity index (χ4v) is 2.98. The summed E-state index contributed by atoms with van der Waals surface area (Å²) in [7, 11) is 0. The van der Waals surface area contributed by atoms with Crippen LogP contribution in [-0.2, 0) is 4.79 Å². The molecular formula is C18H22ClN3O2S. The van der Waals surface area contributed by atoms with Crippen molar-refractivity contribution in [2.75, 3.05) is 12.4 Å². The largest absolute Gasteiger partial charge is 0.348 e. The topological polar surface area (TPSA) is 71.1 Å². The van der Waals surface area contributed by atoms with Gasteiger partial charge in [-0.05, 0) is 41.6 Å². The van der Waals surface area contributed by atoms with Gasteiger partial charge in [-0.25, -0.2) is 0 Å². The van der Waals surface area contributed by atoms with Gasteiger partial charge in [0.25, 0.3) is 5.91 Å². The van der Waals surface area contributed by atoms with Crippen LogP contribution < -0.4 is 10.6 Å². The molecule has 1 heterocycles. The molecule has 0 bridgehead atoms. The molecule has 1 atom stereocenters. The lowest BCUT2D eigenvalue weighted by molar-refractivity contribution is -0.119. The van der Waals surface area contributed by atoms with E-state index in [4.69, 9.17) is 11.6 Å². The van der Waals surface area contributed by atoms with Crippen LogP contribution in [0, 0.1) is 6.92 Å². The third-order valence-electron chi connectivity index (χ3n) is 3.79. The van der Waals surface area contributed by atoms with Crippen molar-refractivity contribution in [1.82, 2.24) is 15.0 Å². The van der Waals surface area contributed by atoms with Crippen LogP contribution in [0.15, 0.2) is 30.3 Å². The Labute approximate surface area is 157 Å². The molecule has 0 aliphatic carbocycles. The van der Waals surface area contributed by atoms with E-state index in [2.05, 4.69) is 28.9 Å². The van der Waals surface area contributed by atoms with Crippen molar-refractivity contribution in [2.24, 2.45) is 0 Å². The van der Waals surface area contributed by atoms with Gasteiger partial charge >= 0.3 is 0 Å². The molecule has 7 heteroatoms. The van der Waals surface area contributed by atoms with Crippen LogP contribution in [0.25, 0.3) is 0 Å². The van der Waals surface area contributed by atoms with E-state index < -0.39 is 0 Å². The van der Waals surface area contributed by atoms with E-state index in [0.29, 0.717) is 11.6 Å². The van der Waals surface area contributed by atoms with E-state index in [0.717, 1.165) is 10.4 Å². The van der Waals surface area contributed by atoms with Crippen LogP contribution in [0.5, 0.6) is 0 Å². The van der Waals surface area contributed by atoms with E-state index in [9.17, 15) is 9.59 Å². The van der Waals surface area contributed by atoms with Crippen molar-refractivity contribution < 1.29 is 9.59 Å². The number of aryl methyl sites for hydroxylation is 1. The van der Waals surface area contributed by atoms with Crippen molar-refractivity contribution >= 4 is 34.9 Å². The second kappa shape index (κ2) is 8.97. The summed E-state index contributed by atoms with van der Waals surface area (Å²) in [4.78, 5) is 24.9. The maximum absolute atomic E-state index is 12.2. The van der Waals surface area contributed by atoms with Crippen LogP contribution in [-0.4, -0.2) is 28.6 Å². The van der Waals surface area contributed by atoms with Crippen LogP contribution in [0.1, 0.15) is 52.3 Å². The average molecular weight is 380 g/mol. The second-order valence-corrected chi connectivity index (χ2v) is 7.38. The van der Waals surface area contributed by atoms with Gasteiger partial charge in [0.1, 0.15) is 11.6 Å². The molecule has 2 amide bonds. The molecule has 1 aromatic heterocycles. The summed E-state index contributed by atoms with van der Waals surface area (Å²) in [5, 5.41) is 5.67. The molecule has 2 N–H and O–H groups in total. The van der Waals surface area contributed by atoms with Gasteiger partial charge in [0.05, 0.1) is 6.04 Å². The summed E-state index contributed by atoms with van der Waals surface area (Å²) in [5.74, 6) is -0.232. The summed E-state index contributed by atoms with van der Waals surface area (Å²) in [6.45, 7) is 6.41. The predicted octanol–water partition coefficient (Wildman–Crippen LogP) is 3.40. The molecule has 0 aliphatic heterocycles. The number of carbonyl (C=O) groups excluding carboxylic acids is 2. The number of nitrogens with one attached hydrogen (secondary N) is 2. The van der Waals surface area contributed by atoms with Crippen molar-refractivity contribution in [3.8, 4) is 0 Å². The lowest BCUT2D eigenvalue weighted by Crippen LogP contribution is -2.38. The van der Waals surface area contributed by atoms with Crippen LogP contribution in [0.3, 0.4) is 0 Å². The highest BCUT2D eigenvalue weighted by Gasteiger charge is 2.17. The highest BCUT2D eigenvalue weighted by Crippen LogP contribution is 2.19. The molecule has 0 saturated heterocycles. The molecule has 0 radical (unpaired) electrons. The van der Waals surface area contributed by atoms with E-state index in [1.807, 2.05) is 31.2 Å². The molecule has 0 aliphatic rings. The highest BCUT2D eigenvalue weighted by molar-refractivity contribution is 7.05. The number of hydrogen-bond donors (Lipinski definition) is 2. The average Bonchev–Trinajstić information content (AvgIpc) is 3.04. The van der Waals surface area contributed by atoms with E-state index in [-0.39, 0.29) is 30.3 Å². The molecule has 5 nitrogen and oxygen atoms in total. The number of carbonyl (C=O) groups is 2. The molecule has 1 unspecified atom stereocenters. The minimum absolute atomic E-state index is 0.125. The van der Waals surface area contributed by atoms with Gasteiger partial charge in [-0.2, -0.15) is 4.37 Å². The Morgan fingerprint density at radius 2 is 1.84 bits per heavy atom. The van der Waals surface area contributed by atoms with Crippen molar-refractivity contribution in [3.63, 3.8) is 0 Å². The Morgan fingerprint density at radius 3 is 2.36 bits per heavy atom. The molecular weight excluding hydrogens is 358 g/mol. The maximum atomic E-state index is 12.2. The molecule has 0 spiro atoms. The lowest BCUT2D eigenvalue weighted by Gasteiger charge is -2.20. The van der Waals surface area contributed by atoms with E-state index in [1.165, 1.54) is 17.1 Å². The summed E-state index contributed by atoms with van der Waals surface area (Å²) < 4.78 is 4.10. The third kappa shape index (κ3) is 5.54. The number of amides is 2. The Morgan fingerprint density at radius 1 is 1.20 bits per heavy atom. The fraction of sp³-hybridized carbons (Fsp3) is 0.389. The zero-order chi connectivity index (χ0) is 18.4. The molecule has 0 fully saturated rings. The van der Waals surface area contributed by atoms with E-state index in [1.54, 1.807) is 6.07 Å². The number of alkyl halides is 1. The fourth-order valence-electron chi connectivity index (χ4n) is 2.36. The van der Waals surface area contributed by atoms with Gasteiger partial charge in [-0.15, -0.1) is 11.6 Å². The number of nitrogens with zero attached hydrogens (tertiary/aromatic N) is 1. The maximum Gasteiger partial charge on any atom is 0.271 e. The molecule has 2 rings (SSSR count). The van der Waals surface area contributed by atoms with Crippen molar-refractivity contribution in [2.45, 2.75) is 32.7 Å². The van der Waals surface area contributed by atoms with Crippen LogP contribution in [0.4, 0.5) is 0 Å². The number of aromatic nitrogens is 1. The van der Waals surface area contributed by atoms with Crippen molar-refractivity contribution in [3.05, 3.63) is 52.0 Å². The Balaban J connectivity index is 2.09. The minimum Gasteiger partial charge on any atom is -0.348 e. The quantitative estimate of drug-likeness (QED) is 0.724. The normalized spacial score (nSPS) is 12.0. The van der Waals surface area contributed by atoms with Crippen LogP contribution >= 0.6 is 23.1 Å². The SMILES string of the molecule is Cc1cc(C(=O)NCC(NC(=O)CCl)c2ccc(C(C)C)cc2)ns1. The van der Waals surface area contributed by atoms with Crippen molar-refractivity contribution in [1.29, 1.82) is 0 Å². The van der Waals surface area contributed by atoms with E-state index >= 15 is 0 Å². The second-order valence-electron chi connectivity index (χ2n) is 6.11. The van der Waals surface area contributed by atoms with Crippen LogP contribution in [0.2, 0.25) is 0 Å². The smallest absolute Gasteiger partial charge is 0.271 e. The van der Waals surface area contributed by atoms with Gasteiger partial charge in [0.2, 0.25) is 5.91 Å². The Bertz CT molecular complexity index is 728. The zero-order valence-corrected chi connectivity index (χ0v) is 16.1. The number of rotatable bonds is 7. The first-order valence-electron chi connectivity index (χ1n) is 8.07. The monoisotopic (exact) mass is 379 g/mol. The molecule has 1 aromatic carbocycles. The molecule has 25 heavy (non-hydrogen) atoms. The van der Waals surface area contributed by atoms with Gasteiger partial charge < -0.3 is 10.6 Å². The Kier molecular flexibility index (Phi) is 6.96. The number of hydrogen-bond acceptors (Lipinski definition) is 4. The first kappa shape index (κ1) is 19.4. The minimum atomic E-state index is -0.351. The summed E-state index contributed by atoms with van der Waals surface area (Å²) in [6.07, 6.45) is 0. The van der Waals surface area contributed by atoms with Gasteiger partial charge in [0.15, 0.2) is 0 Å². The highest BCUT2D eigenvalue weighted by atomic mass is 35.5. The third-order valence-corrected chi connectivity index (χ3v) is 4.73. The summed E-state index contributed by atoms with van der Waals surface area (Å²) >= 11 is 6.89. The van der Waals surface area contributed by atoms with Gasteiger partial charge in [-0.1, -0.05) is 38.1 Å². The molecule has 0 saturated carbocycles. The number of halogens is 1. The Hall–Kier alpha value is -1.92. The lowest BCUT2D eigenvalue weighted by atomic mass is 9.99. The molecule has 134 valence electrons. The first-order chi connectivity index (χ1) is 11.9. The number of benzene rings is 1. The zero-order valence-electron chi connectivity index (χ0n) is 14.5.